The van der Waals surface area contributed by atoms with Crippen LogP contribution in [-0.4, -0.2) is 9.97 Å². The lowest BCUT2D eigenvalue weighted by Crippen LogP contribution is -2.22. The Kier molecular flexibility index (Phi) is 2.41. The number of hydrogen-bond acceptors (Lipinski definition) is 2. The fourth-order valence-electron chi connectivity index (χ4n) is 2.46. The minimum absolute atomic E-state index is 0.566. The van der Waals surface area contributed by atoms with Crippen LogP contribution in [0.15, 0.2) is 48.9 Å². The highest BCUT2D eigenvalue weighted by Gasteiger charge is 2.34. The van der Waals surface area contributed by atoms with Crippen molar-refractivity contribution in [2.24, 2.45) is 0 Å². The van der Waals surface area contributed by atoms with Crippen LogP contribution in [0.2, 0.25) is 0 Å². The second-order valence-corrected chi connectivity index (χ2v) is 4.33. The van der Waals surface area contributed by atoms with Crippen molar-refractivity contribution in [3.05, 3.63) is 60.2 Å². The molecule has 0 radical (unpaired) electrons. The van der Waals surface area contributed by atoms with Gasteiger partial charge in [-0.15, -0.1) is 0 Å². The summed E-state index contributed by atoms with van der Waals surface area (Å²) in [7, 11) is 0. The summed E-state index contributed by atoms with van der Waals surface area (Å²) >= 11 is 0. The van der Waals surface area contributed by atoms with E-state index in [0.29, 0.717) is 11.8 Å². The number of aromatic nitrogens is 2. The van der Waals surface area contributed by atoms with Gasteiger partial charge in [0.15, 0.2) is 0 Å². The van der Waals surface area contributed by atoms with Crippen molar-refractivity contribution in [3.8, 4) is 0 Å². The van der Waals surface area contributed by atoms with Gasteiger partial charge in [0.2, 0.25) is 0 Å². The minimum atomic E-state index is 0.566. The fraction of sp³-hybridized carbons (Fsp3) is 0.286. The molecule has 0 aliphatic heterocycles. The molecule has 3 rings (SSSR count). The maximum atomic E-state index is 4.41. The summed E-state index contributed by atoms with van der Waals surface area (Å²) < 4.78 is 0. The Labute approximate surface area is 95.4 Å². The Bertz CT molecular complexity index is 407. The molecule has 2 nitrogen and oxygen atoms in total. The smallest absolute Gasteiger partial charge is 0.0623 e. The van der Waals surface area contributed by atoms with Crippen molar-refractivity contribution in [3.63, 3.8) is 0 Å². The van der Waals surface area contributed by atoms with Crippen LogP contribution in [-0.2, 0) is 0 Å². The Hall–Kier alpha value is -1.70. The van der Waals surface area contributed by atoms with Crippen molar-refractivity contribution in [1.82, 2.24) is 9.97 Å². The molecule has 80 valence electrons. The number of rotatable bonds is 2. The van der Waals surface area contributed by atoms with Gasteiger partial charge in [-0.3, -0.25) is 9.97 Å². The first kappa shape index (κ1) is 9.52. The highest BCUT2D eigenvalue weighted by Crippen LogP contribution is 2.47. The number of hydrogen-bond donors (Lipinski definition) is 0. The van der Waals surface area contributed by atoms with Crippen LogP contribution in [0.3, 0.4) is 0 Å². The van der Waals surface area contributed by atoms with Crippen molar-refractivity contribution < 1.29 is 0 Å². The summed E-state index contributed by atoms with van der Waals surface area (Å²) in [6.07, 6.45) is 7.93. The molecule has 1 aliphatic carbocycles. The quantitative estimate of drug-likeness (QED) is 0.761. The van der Waals surface area contributed by atoms with Gasteiger partial charge in [-0.2, -0.15) is 0 Å². The maximum absolute atomic E-state index is 4.41. The largest absolute Gasteiger partial charge is 0.261 e. The van der Waals surface area contributed by atoms with Gasteiger partial charge in [0.25, 0.3) is 0 Å². The van der Waals surface area contributed by atoms with E-state index in [1.807, 2.05) is 6.20 Å². The molecule has 0 N–H and O–H groups in total. The van der Waals surface area contributed by atoms with Crippen molar-refractivity contribution in [2.45, 2.75) is 24.7 Å². The van der Waals surface area contributed by atoms with E-state index in [0.717, 1.165) is 5.69 Å². The molecule has 2 atom stereocenters. The Morgan fingerprint density at radius 2 is 1.75 bits per heavy atom. The van der Waals surface area contributed by atoms with Gasteiger partial charge < -0.3 is 0 Å². The van der Waals surface area contributed by atoms with E-state index in [-0.39, 0.29) is 0 Å². The van der Waals surface area contributed by atoms with E-state index >= 15 is 0 Å². The summed E-state index contributed by atoms with van der Waals surface area (Å²) in [5.41, 5.74) is 2.58. The highest BCUT2D eigenvalue weighted by atomic mass is 14.8. The molecule has 2 heteroatoms. The topological polar surface area (TPSA) is 25.8 Å². The molecule has 1 aliphatic rings. The zero-order chi connectivity index (χ0) is 10.8. The third kappa shape index (κ3) is 1.60. The lowest BCUT2D eigenvalue weighted by Gasteiger charge is -2.36. The zero-order valence-corrected chi connectivity index (χ0v) is 9.08. The van der Waals surface area contributed by atoms with E-state index in [4.69, 9.17) is 0 Å². The normalized spacial score (nSPS) is 23.8. The molecule has 0 bridgehead atoms. The van der Waals surface area contributed by atoms with E-state index < -0.39 is 0 Å². The fourth-order valence-corrected chi connectivity index (χ4v) is 2.46. The standard InChI is InChI=1S/C14H14N2/c1-2-4-11(5-3-1)12-6-7-13(12)14-10-15-8-9-16-14/h1-5,8-10,12-13H,6-7H2/t12-,13-/m0/s1. The summed E-state index contributed by atoms with van der Waals surface area (Å²) in [5, 5.41) is 0. The summed E-state index contributed by atoms with van der Waals surface area (Å²) in [6, 6.07) is 10.7. The second-order valence-electron chi connectivity index (χ2n) is 4.33. The first-order chi connectivity index (χ1) is 7.95. The van der Waals surface area contributed by atoms with E-state index in [2.05, 4.69) is 40.3 Å². The van der Waals surface area contributed by atoms with Crippen LogP contribution in [0.1, 0.15) is 35.9 Å². The summed E-state index contributed by atoms with van der Waals surface area (Å²) in [4.78, 5) is 8.57. The second kappa shape index (κ2) is 4.05. The Balaban J connectivity index is 1.85. The molecule has 0 spiro atoms. The molecule has 0 amide bonds. The van der Waals surface area contributed by atoms with Gasteiger partial charge in [0.1, 0.15) is 0 Å². The van der Waals surface area contributed by atoms with Crippen LogP contribution in [0.25, 0.3) is 0 Å². The molecule has 1 aromatic carbocycles. The minimum Gasteiger partial charge on any atom is -0.261 e. The van der Waals surface area contributed by atoms with Gasteiger partial charge in [-0.05, 0) is 24.3 Å². The zero-order valence-electron chi connectivity index (χ0n) is 9.08. The molecule has 1 fully saturated rings. The number of benzene rings is 1. The van der Waals surface area contributed by atoms with E-state index in [9.17, 15) is 0 Å². The van der Waals surface area contributed by atoms with Crippen LogP contribution in [0.5, 0.6) is 0 Å². The average molecular weight is 210 g/mol. The van der Waals surface area contributed by atoms with Gasteiger partial charge in [-0.25, -0.2) is 0 Å². The molecule has 0 unspecified atom stereocenters. The van der Waals surface area contributed by atoms with Crippen molar-refractivity contribution in [2.75, 3.05) is 0 Å². The third-order valence-electron chi connectivity index (χ3n) is 3.47. The predicted octanol–water partition coefficient (Wildman–Crippen LogP) is 3.14. The van der Waals surface area contributed by atoms with Gasteiger partial charge in [-0.1, -0.05) is 30.3 Å². The molecular formula is C14H14N2. The maximum Gasteiger partial charge on any atom is 0.0623 e. The van der Waals surface area contributed by atoms with Crippen LogP contribution in [0, 0.1) is 0 Å². The van der Waals surface area contributed by atoms with Crippen LogP contribution < -0.4 is 0 Å². The summed E-state index contributed by atoms with van der Waals surface area (Å²) in [5.74, 6) is 1.20. The van der Waals surface area contributed by atoms with Crippen molar-refractivity contribution >= 4 is 0 Å². The SMILES string of the molecule is c1ccc([C@@H]2CC[C@@H]2c2cnccn2)cc1. The molecule has 1 aromatic heterocycles. The Morgan fingerprint density at radius 3 is 2.38 bits per heavy atom. The first-order valence-electron chi connectivity index (χ1n) is 5.76. The van der Waals surface area contributed by atoms with E-state index in [1.54, 1.807) is 12.4 Å². The molecule has 16 heavy (non-hydrogen) atoms. The van der Waals surface area contributed by atoms with Gasteiger partial charge in [0.05, 0.1) is 5.69 Å². The average Bonchev–Trinajstić information content (AvgIpc) is 2.30. The number of nitrogens with zero attached hydrogens (tertiary/aromatic N) is 2. The van der Waals surface area contributed by atoms with Crippen LogP contribution in [0.4, 0.5) is 0 Å². The molecular weight excluding hydrogens is 196 g/mol. The molecule has 1 heterocycles. The molecule has 1 saturated carbocycles. The summed E-state index contributed by atoms with van der Waals surface area (Å²) in [6.45, 7) is 0. The monoisotopic (exact) mass is 210 g/mol. The van der Waals surface area contributed by atoms with Crippen molar-refractivity contribution in [1.29, 1.82) is 0 Å². The highest BCUT2D eigenvalue weighted by molar-refractivity contribution is 5.27. The van der Waals surface area contributed by atoms with Gasteiger partial charge >= 0.3 is 0 Å². The van der Waals surface area contributed by atoms with E-state index in [1.165, 1.54) is 18.4 Å². The Morgan fingerprint density at radius 1 is 0.938 bits per heavy atom. The predicted molar refractivity (Wildman–Crippen MR) is 63.2 cm³/mol. The van der Waals surface area contributed by atoms with Gasteiger partial charge in [0, 0.05) is 24.5 Å². The lowest BCUT2D eigenvalue weighted by molar-refractivity contribution is 0.339. The van der Waals surface area contributed by atoms with Crippen LogP contribution >= 0.6 is 0 Å². The lowest BCUT2D eigenvalue weighted by atomic mass is 9.68. The first-order valence-corrected chi connectivity index (χ1v) is 5.76. The molecule has 2 aromatic rings. The molecule has 0 saturated heterocycles. The third-order valence-corrected chi connectivity index (χ3v) is 3.47.